The number of nitrogens with one attached hydrogen (secondary N) is 1. The lowest BCUT2D eigenvalue weighted by Crippen LogP contribution is -2.27. The first-order valence-electron chi connectivity index (χ1n) is 7.75. The molecule has 1 heterocycles. The van der Waals surface area contributed by atoms with Gasteiger partial charge in [-0.1, -0.05) is 41.9 Å². The Morgan fingerprint density at radius 2 is 2.20 bits per heavy atom. The van der Waals surface area contributed by atoms with E-state index >= 15 is 0 Å². The van der Waals surface area contributed by atoms with Crippen molar-refractivity contribution >= 4 is 15.9 Å². The quantitative estimate of drug-likeness (QED) is 0.840. The van der Waals surface area contributed by atoms with Gasteiger partial charge in [0.25, 0.3) is 0 Å². The van der Waals surface area contributed by atoms with Crippen molar-refractivity contribution in [3.63, 3.8) is 0 Å². The van der Waals surface area contributed by atoms with Crippen LogP contribution in [0.15, 0.2) is 28.7 Å². The average Bonchev–Trinajstić information content (AvgIpc) is 2.88. The Morgan fingerprint density at radius 1 is 1.40 bits per heavy atom. The van der Waals surface area contributed by atoms with E-state index in [1.807, 2.05) is 0 Å². The number of rotatable bonds is 6. The third kappa shape index (κ3) is 4.31. The summed E-state index contributed by atoms with van der Waals surface area (Å²) in [5, 5.41) is 3.46. The van der Waals surface area contributed by atoms with Crippen molar-refractivity contribution in [1.29, 1.82) is 0 Å². The summed E-state index contributed by atoms with van der Waals surface area (Å²) in [7, 11) is 2.06. The summed E-state index contributed by atoms with van der Waals surface area (Å²) in [4.78, 5) is 2.63. The molecule has 112 valence electrons. The lowest BCUT2D eigenvalue weighted by atomic mass is 9.95. The molecule has 1 aliphatic heterocycles. The molecular formula is C17H27BrN2. The van der Waals surface area contributed by atoms with Gasteiger partial charge in [-0.2, -0.15) is 0 Å². The number of halogens is 1. The summed E-state index contributed by atoms with van der Waals surface area (Å²) in [6.45, 7) is 8.46. The van der Waals surface area contributed by atoms with E-state index in [2.05, 4.69) is 71.3 Å². The average molecular weight is 339 g/mol. The first kappa shape index (κ1) is 16.0. The number of hydrogen-bond donors (Lipinski definition) is 1. The lowest BCUT2D eigenvalue weighted by Gasteiger charge is -2.22. The molecule has 2 nitrogen and oxygen atoms in total. The van der Waals surface area contributed by atoms with Gasteiger partial charge >= 0.3 is 0 Å². The van der Waals surface area contributed by atoms with E-state index < -0.39 is 0 Å². The van der Waals surface area contributed by atoms with E-state index in [1.165, 1.54) is 38.0 Å². The minimum Gasteiger partial charge on any atom is -0.313 e. The predicted molar refractivity (Wildman–Crippen MR) is 89.9 cm³/mol. The molecule has 20 heavy (non-hydrogen) atoms. The second kappa shape index (κ2) is 7.58. The summed E-state index contributed by atoms with van der Waals surface area (Å²) < 4.78 is 1.16. The fourth-order valence-electron chi connectivity index (χ4n) is 3.12. The molecule has 0 saturated carbocycles. The molecular weight excluding hydrogens is 312 g/mol. The number of likely N-dealkylation sites (tertiary alicyclic amines) is 1. The molecule has 3 heteroatoms. The second-order valence-electron chi connectivity index (χ2n) is 6.28. The van der Waals surface area contributed by atoms with E-state index in [1.54, 1.807) is 0 Å². The summed E-state index contributed by atoms with van der Waals surface area (Å²) in [5.41, 5.74) is 1.38. The van der Waals surface area contributed by atoms with Crippen LogP contribution in [-0.4, -0.2) is 31.6 Å². The van der Waals surface area contributed by atoms with Gasteiger partial charge in [0.2, 0.25) is 0 Å². The molecule has 1 aromatic rings. The Bertz CT molecular complexity index is 419. The van der Waals surface area contributed by atoms with Gasteiger partial charge in [-0.05, 0) is 62.5 Å². The van der Waals surface area contributed by atoms with Gasteiger partial charge in [-0.3, -0.25) is 0 Å². The minimum absolute atomic E-state index is 0.450. The van der Waals surface area contributed by atoms with Gasteiger partial charge in [0, 0.05) is 17.1 Å². The van der Waals surface area contributed by atoms with Crippen LogP contribution in [0.5, 0.6) is 0 Å². The first-order chi connectivity index (χ1) is 9.60. The van der Waals surface area contributed by atoms with Gasteiger partial charge in [-0.15, -0.1) is 0 Å². The molecule has 0 radical (unpaired) electrons. The molecule has 0 aromatic heterocycles. The first-order valence-corrected chi connectivity index (χ1v) is 8.54. The Balaban J connectivity index is 1.86. The fraction of sp³-hybridized carbons (Fsp3) is 0.647. The van der Waals surface area contributed by atoms with Crippen molar-refractivity contribution in [2.75, 3.05) is 26.7 Å². The Hall–Kier alpha value is -0.380. The van der Waals surface area contributed by atoms with Crippen molar-refractivity contribution < 1.29 is 0 Å². The molecule has 1 aromatic carbocycles. The zero-order valence-corrected chi connectivity index (χ0v) is 14.5. The van der Waals surface area contributed by atoms with Gasteiger partial charge in [-0.25, -0.2) is 0 Å². The van der Waals surface area contributed by atoms with E-state index in [9.17, 15) is 0 Å². The van der Waals surface area contributed by atoms with Crippen LogP contribution in [0.4, 0.5) is 0 Å². The maximum absolute atomic E-state index is 3.56. The van der Waals surface area contributed by atoms with E-state index in [4.69, 9.17) is 0 Å². The summed E-state index contributed by atoms with van der Waals surface area (Å²) in [6, 6.07) is 9.10. The van der Waals surface area contributed by atoms with Crippen molar-refractivity contribution in [3.8, 4) is 0 Å². The maximum atomic E-state index is 3.56. The van der Waals surface area contributed by atoms with E-state index in [-0.39, 0.29) is 0 Å². The third-order valence-corrected chi connectivity index (χ3v) is 5.08. The van der Waals surface area contributed by atoms with Crippen LogP contribution in [0.2, 0.25) is 0 Å². The zero-order chi connectivity index (χ0) is 14.5. The Kier molecular flexibility index (Phi) is 6.06. The molecule has 1 aliphatic rings. The SMILES string of the molecule is CNC(CCN1CCC(C(C)C)C1)c1cccc(Br)c1. The van der Waals surface area contributed by atoms with Gasteiger partial charge in [0.1, 0.15) is 0 Å². The molecule has 0 aliphatic carbocycles. The Morgan fingerprint density at radius 3 is 2.80 bits per heavy atom. The van der Waals surface area contributed by atoms with E-state index in [0.717, 1.165) is 16.3 Å². The number of hydrogen-bond acceptors (Lipinski definition) is 2. The standard InChI is InChI=1S/C17H27BrN2/c1-13(2)15-7-9-20(12-15)10-8-17(19-3)14-5-4-6-16(18)11-14/h4-6,11,13,15,17,19H,7-10,12H2,1-3H3. The van der Waals surface area contributed by atoms with E-state index in [0.29, 0.717) is 6.04 Å². The van der Waals surface area contributed by atoms with Crippen LogP contribution >= 0.6 is 15.9 Å². The van der Waals surface area contributed by atoms with Crippen LogP contribution in [-0.2, 0) is 0 Å². The molecule has 2 unspecified atom stereocenters. The van der Waals surface area contributed by atoms with Crippen LogP contribution < -0.4 is 5.32 Å². The van der Waals surface area contributed by atoms with Crippen LogP contribution in [0, 0.1) is 11.8 Å². The van der Waals surface area contributed by atoms with Crippen molar-refractivity contribution in [1.82, 2.24) is 10.2 Å². The highest BCUT2D eigenvalue weighted by molar-refractivity contribution is 9.10. The highest BCUT2D eigenvalue weighted by atomic mass is 79.9. The van der Waals surface area contributed by atoms with Gasteiger partial charge in [0.15, 0.2) is 0 Å². The summed E-state index contributed by atoms with van der Waals surface area (Å²) in [5.74, 6) is 1.72. The van der Waals surface area contributed by atoms with Gasteiger partial charge < -0.3 is 10.2 Å². The predicted octanol–water partition coefficient (Wildman–Crippen LogP) is 4.08. The second-order valence-corrected chi connectivity index (χ2v) is 7.19. The van der Waals surface area contributed by atoms with Gasteiger partial charge in [0.05, 0.1) is 0 Å². The normalized spacial score (nSPS) is 21.6. The molecule has 1 fully saturated rings. The topological polar surface area (TPSA) is 15.3 Å². The molecule has 0 amide bonds. The van der Waals surface area contributed by atoms with Crippen molar-refractivity contribution in [2.24, 2.45) is 11.8 Å². The molecule has 0 spiro atoms. The third-order valence-electron chi connectivity index (χ3n) is 4.59. The molecule has 2 atom stereocenters. The zero-order valence-electron chi connectivity index (χ0n) is 12.9. The summed E-state index contributed by atoms with van der Waals surface area (Å²) >= 11 is 3.56. The molecule has 2 rings (SSSR count). The largest absolute Gasteiger partial charge is 0.313 e. The lowest BCUT2D eigenvalue weighted by molar-refractivity contribution is 0.287. The number of nitrogens with zero attached hydrogens (tertiary/aromatic N) is 1. The van der Waals surface area contributed by atoms with Crippen LogP contribution in [0.3, 0.4) is 0 Å². The highest BCUT2D eigenvalue weighted by Crippen LogP contribution is 2.25. The minimum atomic E-state index is 0.450. The van der Waals surface area contributed by atoms with Crippen LogP contribution in [0.25, 0.3) is 0 Å². The Labute approximate surface area is 132 Å². The van der Waals surface area contributed by atoms with Crippen molar-refractivity contribution in [3.05, 3.63) is 34.3 Å². The van der Waals surface area contributed by atoms with Crippen molar-refractivity contribution in [2.45, 2.75) is 32.7 Å². The number of benzene rings is 1. The highest BCUT2D eigenvalue weighted by Gasteiger charge is 2.25. The smallest absolute Gasteiger partial charge is 0.0330 e. The fourth-order valence-corrected chi connectivity index (χ4v) is 3.54. The maximum Gasteiger partial charge on any atom is 0.0330 e. The molecule has 1 N–H and O–H groups in total. The van der Waals surface area contributed by atoms with Crippen LogP contribution in [0.1, 0.15) is 38.3 Å². The molecule has 0 bridgehead atoms. The molecule has 1 saturated heterocycles. The monoisotopic (exact) mass is 338 g/mol. The summed E-state index contributed by atoms with van der Waals surface area (Å²) in [6.07, 6.45) is 2.55.